The topological polar surface area (TPSA) is 58.3 Å². The summed E-state index contributed by atoms with van der Waals surface area (Å²) in [6.07, 6.45) is 1.86. The van der Waals surface area contributed by atoms with Gasteiger partial charge in [-0.25, -0.2) is 4.98 Å². The summed E-state index contributed by atoms with van der Waals surface area (Å²) >= 11 is 0. The first-order valence-corrected chi connectivity index (χ1v) is 5.56. The van der Waals surface area contributed by atoms with Crippen molar-refractivity contribution in [3.63, 3.8) is 0 Å². The molecule has 0 aliphatic carbocycles. The Hall–Kier alpha value is -2.11. The molecule has 2 aromatic carbocycles. The van der Waals surface area contributed by atoms with Crippen LogP contribution in [0.1, 0.15) is 0 Å². The molecule has 0 amide bonds. The fourth-order valence-corrected chi connectivity index (χ4v) is 1.75. The summed E-state index contributed by atoms with van der Waals surface area (Å²) in [5, 5.41) is 14.2. The third kappa shape index (κ3) is 2.59. The molecule has 0 fully saturated rings. The van der Waals surface area contributed by atoms with Crippen LogP contribution in [0.2, 0.25) is 0 Å². The number of fused-ring (bicyclic) bond motifs is 1. The van der Waals surface area contributed by atoms with Crippen molar-refractivity contribution in [3.05, 3.63) is 60.9 Å². The lowest BCUT2D eigenvalue weighted by Crippen LogP contribution is -1.90. The van der Waals surface area contributed by atoms with E-state index in [2.05, 4.69) is 27.8 Å². The molecule has 2 N–H and O–H groups in total. The lowest BCUT2D eigenvalue weighted by molar-refractivity contribution is 0.448. The molecule has 0 aliphatic rings. The first-order chi connectivity index (χ1) is 8.86. The van der Waals surface area contributed by atoms with Crippen LogP contribution >= 0.6 is 0 Å². The highest BCUT2D eigenvalue weighted by Gasteiger charge is 2.01. The van der Waals surface area contributed by atoms with Gasteiger partial charge in [-0.05, 0) is 24.3 Å². The lowest BCUT2D eigenvalue weighted by atomic mass is 10.3. The molecule has 0 spiro atoms. The summed E-state index contributed by atoms with van der Waals surface area (Å²) in [6, 6.07) is 18.4. The maximum atomic E-state index is 7.12. The van der Waals surface area contributed by atoms with Crippen LogP contribution in [0.4, 0.5) is 0 Å². The van der Waals surface area contributed by atoms with Crippen molar-refractivity contribution in [1.29, 1.82) is 0 Å². The first-order valence-electron chi connectivity index (χ1n) is 5.56. The number of benzene rings is 2. The minimum absolute atomic E-state index is 0.750. The van der Waals surface area contributed by atoms with Gasteiger partial charge in [-0.15, -0.1) is 0 Å². The lowest BCUT2D eigenvalue weighted by Gasteiger charge is -2.02. The van der Waals surface area contributed by atoms with Crippen LogP contribution in [0.3, 0.4) is 0 Å². The zero-order valence-electron chi connectivity index (χ0n) is 9.77. The molecule has 0 bridgehead atoms. The van der Waals surface area contributed by atoms with Gasteiger partial charge in [0.15, 0.2) is 0 Å². The van der Waals surface area contributed by atoms with E-state index >= 15 is 0 Å². The van der Waals surface area contributed by atoms with Gasteiger partial charge >= 0.3 is 7.69 Å². The molecule has 5 heteroatoms. The Morgan fingerprint density at radius 3 is 2.22 bits per heavy atom. The van der Waals surface area contributed by atoms with Crippen LogP contribution in [0, 0.1) is 0 Å². The number of nitrogens with zero attached hydrogens (tertiary/aromatic N) is 2. The summed E-state index contributed by atoms with van der Waals surface area (Å²) in [4.78, 5) is 4.36. The highest BCUT2D eigenvalue weighted by Crippen LogP contribution is 2.16. The maximum Gasteiger partial charge on any atom is 0.432 e. The second-order valence-electron chi connectivity index (χ2n) is 3.58. The van der Waals surface area contributed by atoms with Crippen LogP contribution in [0.5, 0.6) is 0 Å². The van der Waals surface area contributed by atoms with Crippen molar-refractivity contribution in [2.45, 2.75) is 0 Å². The Balaban J connectivity index is 0.000000367. The molecule has 1 aromatic heterocycles. The Morgan fingerprint density at radius 1 is 0.889 bits per heavy atom. The summed E-state index contributed by atoms with van der Waals surface area (Å²) in [5.41, 5.74) is 3.32. The van der Waals surface area contributed by atoms with Crippen molar-refractivity contribution in [2.24, 2.45) is 0 Å². The SMILES string of the molecule is OBO.c1ccc(-n2cnc3ccccc32)cc1. The van der Waals surface area contributed by atoms with Gasteiger partial charge in [-0.3, -0.25) is 4.57 Å². The Kier molecular flexibility index (Phi) is 4.12. The number of hydrogen-bond donors (Lipinski definition) is 2. The van der Waals surface area contributed by atoms with Crippen molar-refractivity contribution >= 4 is 18.7 Å². The van der Waals surface area contributed by atoms with Crippen LogP contribution < -0.4 is 0 Å². The molecular weight excluding hydrogens is 227 g/mol. The van der Waals surface area contributed by atoms with Crippen molar-refractivity contribution in [1.82, 2.24) is 9.55 Å². The monoisotopic (exact) mass is 240 g/mol. The van der Waals surface area contributed by atoms with Gasteiger partial charge in [0.05, 0.1) is 11.0 Å². The van der Waals surface area contributed by atoms with E-state index in [1.54, 1.807) is 0 Å². The van der Waals surface area contributed by atoms with Gasteiger partial charge in [-0.1, -0.05) is 30.3 Å². The molecule has 3 aromatic rings. The molecular formula is C13H13BN2O2. The fourth-order valence-electron chi connectivity index (χ4n) is 1.75. The second kappa shape index (κ2) is 6.00. The predicted molar refractivity (Wildman–Crippen MR) is 72.7 cm³/mol. The number of imidazole rings is 1. The van der Waals surface area contributed by atoms with Gasteiger partial charge < -0.3 is 10.0 Å². The second-order valence-corrected chi connectivity index (χ2v) is 3.58. The van der Waals surface area contributed by atoms with Crippen LogP contribution in [0.15, 0.2) is 60.9 Å². The van der Waals surface area contributed by atoms with E-state index in [1.165, 1.54) is 0 Å². The van der Waals surface area contributed by atoms with Gasteiger partial charge in [0, 0.05) is 5.69 Å². The van der Waals surface area contributed by atoms with E-state index in [1.807, 2.05) is 42.7 Å². The first kappa shape index (κ1) is 12.4. The van der Waals surface area contributed by atoms with Gasteiger partial charge in [0.1, 0.15) is 6.33 Å². The molecule has 0 saturated heterocycles. The number of para-hydroxylation sites is 3. The van der Waals surface area contributed by atoms with Gasteiger partial charge in [-0.2, -0.15) is 0 Å². The number of aromatic nitrogens is 2. The van der Waals surface area contributed by atoms with Crippen LogP contribution in [-0.4, -0.2) is 27.3 Å². The number of rotatable bonds is 1. The molecule has 3 rings (SSSR count). The molecule has 0 atom stereocenters. The molecule has 1 heterocycles. The van der Waals surface area contributed by atoms with Crippen molar-refractivity contribution < 1.29 is 10.0 Å². The normalized spacial score (nSPS) is 9.67. The van der Waals surface area contributed by atoms with E-state index in [4.69, 9.17) is 10.0 Å². The fraction of sp³-hybridized carbons (Fsp3) is 0. The zero-order chi connectivity index (χ0) is 12.8. The van der Waals surface area contributed by atoms with E-state index < -0.39 is 7.69 Å². The van der Waals surface area contributed by atoms with Gasteiger partial charge in [0.25, 0.3) is 0 Å². The minimum Gasteiger partial charge on any atom is -0.430 e. The zero-order valence-corrected chi connectivity index (χ0v) is 9.77. The van der Waals surface area contributed by atoms with Crippen LogP contribution in [0.25, 0.3) is 16.7 Å². The highest BCUT2D eigenvalue weighted by molar-refractivity contribution is 6.13. The molecule has 0 unspecified atom stereocenters. The van der Waals surface area contributed by atoms with E-state index in [0.29, 0.717) is 0 Å². The molecule has 90 valence electrons. The quantitative estimate of drug-likeness (QED) is 0.629. The molecule has 4 nitrogen and oxygen atoms in total. The Morgan fingerprint density at radius 2 is 1.50 bits per heavy atom. The summed E-state index contributed by atoms with van der Waals surface area (Å²) in [5.74, 6) is 0. The van der Waals surface area contributed by atoms with E-state index in [0.717, 1.165) is 16.7 Å². The maximum absolute atomic E-state index is 7.12. The van der Waals surface area contributed by atoms with Gasteiger partial charge in [0.2, 0.25) is 0 Å². The van der Waals surface area contributed by atoms with Crippen molar-refractivity contribution in [3.8, 4) is 5.69 Å². The summed E-state index contributed by atoms with van der Waals surface area (Å²) in [6.45, 7) is 0. The summed E-state index contributed by atoms with van der Waals surface area (Å²) < 4.78 is 2.09. The third-order valence-electron chi connectivity index (χ3n) is 2.49. The Labute approximate surface area is 105 Å². The molecule has 0 saturated carbocycles. The molecule has 0 radical (unpaired) electrons. The standard InChI is InChI=1S/C13H10N2.BH3O2/c1-2-6-11(7-3-1)15-10-14-12-8-4-5-9-13(12)15;2-1-3/h1-10H;1-3H. The Bertz CT molecular complexity index is 610. The molecule has 18 heavy (non-hydrogen) atoms. The smallest absolute Gasteiger partial charge is 0.430 e. The predicted octanol–water partition coefficient (Wildman–Crippen LogP) is 1.26. The minimum atomic E-state index is -0.750. The van der Waals surface area contributed by atoms with Crippen molar-refractivity contribution in [2.75, 3.05) is 0 Å². The largest absolute Gasteiger partial charge is 0.432 e. The average Bonchev–Trinajstić information content (AvgIpc) is 2.84. The highest BCUT2D eigenvalue weighted by atomic mass is 16.4. The third-order valence-corrected chi connectivity index (χ3v) is 2.49. The molecule has 0 aliphatic heterocycles. The summed E-state index contributed by atoms with van der Waals surface area (Å²) in [7, 11) is -0.750. The van der Waals surface area contributed by atoms with E-state index in [9.17, 15) is 0 Å². The van der Waals surface area contributed by atoms with Crippen LogP contribution in [-0.2, 0) is 0 Å². The average molecular weight is 240 g/mol. The number of hydrogen-bond acceptors (Lipinski definition) is 3. The van der Waals surface area contributed by atoms with E-state index in [-0.39, 0.29) is 0 Å².